The Kier molecular flexibility index (Phi) is 3.88. The Labute approximate surface area is 98.8 Å². The molecule has 1 N–H and O–H groups in total. The van der Waals surface area contributed by atoms with E-state index >= 15 is 0 Å². The van der Waals surface area contributed by atoms with Crippen molar-refractivity contribution in [1.29, 1.82) is 0 Å². The van der Waals surface area contributed by atoms with E-state index in [0.29, 0.717) is 12.0 Å². The molecule has 3 heteroatoms. The van der Waals surface area contributed by atoms with E-state index in [1.165, 1.54) is 12.8 Å². The first-order valence-electron chi connectivity index (χ1n) is 6.67. The largest absolute Gasteiger partial charge is 0.389 e. The Hall–Kier alpha value is -0.120. The minimum absolute atomic E-state index is 0.00866. The first kappa shape index (κ1) is 12.3. The van der Waals surface area contributed by atoms with E-state index in [-0.39, 0.29) is 18.3 Å². The summed E-state index contributed by atoms with van der Waals surface area (Å²) < 4.78 is 5.87. The highest BCUT2D eigenvalue weighted by atomic mass is 16.5. The Morgan fingerprint density at radius 1 is 1.25 bits per heavy atom. The van der Waals surface area contributed by atoms with Crippen LogP contribution in [0.1, 0.15) is 40.0 Å². The van der Waals surface area contributed by atoms with Crippen LogP contribution < -0.4 is 0 Å². The molecule has 2 rings (SSSR count). The van der Waals surface area contributed by atoms with Gasteiger partial charge in [0.25, 0.3) is 0 Å². The highest BCUT2D eigenvalue weighted by molar-refractivity contribution is 4.92. The van der Waals surface area contributed by atoms with Crippen LogP contribution in [0.3, 0.4) is 0 Å². The highest BCUT2D eigenvalue weighted by Crippen LogP contribution is 2.29. The summed E-state index contributed by atoms with van der Waals surface area (Å²) in [5.74, 6) is 0.392. The molecule has 0 aromatic carbocycles. The predicted molar refractivity (Wildman–Crippen MR) is 64.4 cm³/mol. The van der Waals surface area contributed by atoms with Gasteiger partial charge in [-0.25, -0.2) is 0 Å². The fourth-order valence-corrected chi connectivity index (χ4v) is 3.09. The summed E-state index contributed by atoms with van der Waals surface area (Å²) in [6, 6.07) is 0.318. The van der Waals surface area contributed by atoms with Crippen LogP contribution in [0.2, 0.25) is 0 Å². The summed E-state index contributed by atoms with van der Waals surface area (Å²) in [6.45, 7) is 8.70. The average molecular weight is 227 g/mol. The van der Waals surface area contributed by atoms with E-state index in [2.05, 4.69) is 25.7 Å². The zero-order valence-electron chi connectivity index (χ0n) is 10.7. The van der Waals surface area contributed by atoms with Crippen molar-refractivity contribution < 1.29 is 9.84 Å². The third kappa shape index (κ3) is 2.41. The quantitative estimate of drug-likeness (QED) is 0.778. The van der Waals surface area contributed by atoms with Crippen molar-refractivity contribution in [3.05, 3.63) is 0 Å². The fraction of sp³-hybridized carbons (Fsp3) is 1.00. The van der Waals surface area contributed by atoms with Gasteiger partial charge in [0.2, 0.25) is 0 Å². The van der Waals surface area contributed by atoms with E-state index in [9.17, 15) is 5.11 Å². The zero-order valence-corrected chi connectivity index (χ0v) is 10.7. The molecule has 16 heavy (non-hydrogen) atoms. The number of hydrogen-bond acceptors (Lipinski definition) is 3. The van der Waals surface area contributed by atoms with Gasteiger partial charge >= 0.3 is 0 Å². The lowest BCUT2D eigenvalue weighted by Crippen LogP contribution is -2.56. The van der Waals surface area contributed by atoms with E-state index in [1.54, 1.807) is 0 Å². The molecular formula is C13H25NO2. The van der Waals surface area contributed by atoms with Gasteiger partial charge in [0, 0.05) is 6.04 Å². The number of rotatable bonds is 2. The first-order chi connectivity index (χ1) is 7.59. The summed E-state index contributed by atoms with van der Waals surface area (Å²) in [4.78, 5) is 2.46. The summed E-state index contributed by atoms with van der Waals surface area (Å²) in [5.41, 5.74) is 0. The molecule has 2 aliphatic heterocycles. The van der Waals surface area contributed by atoms with Gasteiger partial charge in [-0.05, 0) is 45.2 Å². The molecule has 94 valence electrons. The highest BCUT2D eigenvalue weighted by Gasteiger charge is 2.40. The number of ether oxygens (including phenoxy) is 1. The second-order valence-electron chi connectivity index (χ2n) is 5.69. The first-order valence-corrected chi connectivity index (χ1v) is 6.67. The molecule has 4 atom stereocenters. The monoisotopic (exact) mass is 227 g/mol. The zero-order chi connectivity index (χ0) is 11.7. The lowest BCUT2D eigenvalue weighted by atomic mass is 9.89. The number of aliphatic hydroxyl groups excluding tert-OH is 1. The molecular weight excluding hydrogens is 202 g/mol. The number of likely N-dealkylation sites (tertiary alicyclic amines) is 1. The summed E-state index contributed by atoms with van der Waals surface area (Å²) in [5, 5.41) is 10.4. The second-order valence-corrected chi connectivity index (χ2v) is 5.69. The van der Waals surface area contributed by atoms with Gasteiger partial charge in [0.05, 0.1) is 18.3 Å². The maximum absolute atomic E-state index is 10.4. The SMILES string of the molecule is CC(C)[C@@H]1O[C@H](C)C[C@H](N2CCCC2)[C@H]1O. The van der Waals surface area contributed by atoms with Crippen LogP contribution in [-0.4, -0.2) is 47.4 Å². The minimum atomic E-state index is -0.311. The Morgan fingerprint density at radius 3 is 2.44 bits per heavy atom. The molecule has 2 aliphatic rings. The molecule has 0 spiro atoms. The lowest BCUT2D eigenvalue weighted by Gasteiger charge is -2.44. The average Bonchev–Trinajstić information content (AvgIpc) is 2.73. The molecule has 2 heterocycles. The Balaban J connectivity index is 2.05. The maximum Gasteiger partial charge on any atom is 0.0960 e. The molecule has 0 aromatic rings. The van der Waals surface area contributed by atoms with Gasteiger partial charge in [-0.15, -0.1) is 0 Å². The number of aliphatic hydroxyl groups is 1. The Morgan fingerprint density at radius 2 is 1.88 bits per heavy atom. The van der Waals surface area contributed by atoms with Crippen LogP contribution in [0.4, 0.5) is 0 Å². The third-order valence-electron chi connectivity index (χ3n) is 3.96. The lowest BCUT2D eigenvalue weighted by molar-refractivity contribution is -0.160. The minimum Gasteiger partial charge on any atom is -0.389 e. The molecule has 2 saturated heterocycles. The van der Waals surface area contributed by atoms with Gasteiger partial charge in [-0.3, -0.25) is 4.90 Å². The van der Waals surface area contributed by atoms with E-state index in [4.69, 9.17) is 4.74 Å². The molecule has 0 aliphatic carbocycles. The smallest absolute Gasteiger partial charge is 0.0960 e. The van der Waals surface area contributed by atoms with Crippen molar-refractivity contribution in [3.8, 4) is 0 Å². The maximum atomic E-state index is 10.4. The van der Waals surface area contributed by atoms with Crippen LogP contribution in [0.5, 0.6) is 0 Å². The van der Waals surface area contributed by atoms with Gasteiger partial charge in [-0.2, -0.15) is 0 Å². The van der Waals surface area contributed by atoms with Crippen molar-refractivity contribution in [3.63, 3.8) is 0 Å². The van der Waals surface area contributed by atoms with Crippen LogP contribution in [-0.2, 0) is 4.74 Å². The second kappa shape index (κ2) is 5.03. The third-order valence-corrected chi connectivity index (χ3v) is 3.96. The van der Waals surface area contributed by atoms with Crippen LogP contribution in [0, 0.1) is 5.92 Å². The van der Waals surface area contributed by atoms with Gasteiger partial charge in [0.1, 0.15) is 0 Å². The normalized spacial score (nSPS) is 41.8. The van der Waals surface area contributed by atoms with Gasteiger partial charge in [0.15, 0.2) is 0 Å². The van der Waals surface area contributed by atoms with E-state index in [0.717, 1.165) is 19.5 Å². The summed E-state index contributed by atoms with van der Waals surface area (Å²) >= 11 is 0. The molecule has 3 nitrogen and oxygen atoms in total. The van der Waals surface area contributed by atoms with E-state index < -0.39 is 0 Å². The molecule has 0 unspecified atom stereocenters. The van der Waals surface area contributed by atoms with Gasteiger partial charge < -0.3 is 9.84 Å². The van der Waals surface area contributed by atoms with Crippen molar-refractivity contribution in [2.24, 2.45) is 5.92 Å². The molecule has 0 bridgehead atoms. The molecule has 0 radical (unpaired) electrons. The molecule has 0 aromatic heterocycles. The van der Waals surface area contributed by atoms with Gasteiger partial charge in [-0.1, -0.05) is 13.8 Å². The fourth-order valence-electron chi connectivity index (χ4n) is 3.09. The van der Waals surface area contributed by atoms with E-state index in [1.807, 2.05) is 0 Å². The number of nitrogens with zero attached hydrogens (tertiary/aromatic N) is 1. The van der Waals surface area contributed by atoms with Crippen molar-refractivity contribution in [2.45, 2.75) is 64.4 Å². The van der Waals surface area contributed by atoms with Crippen molar-refractivity contribution in [1.82, 2.24) is 4.90 Å². The topological polar surface area (TPSA) is 32.7 Å². The molecule has 2 fully saturated rings. The molecule has 0 saturated carbocycles. The van der Waals surface area contributed by atoms with Crippen molar-refractivity contribution >= 4 is 0 Å². The van der Waals surface area contributed by atoms with Crippen molar-refractivity contribution in [2.75, 3.05) is 13.1 Å². The standard InChI is InChI=1S/C13H25NO2/c1-9(2)13-12(15)11(8-10(3)16-13)14-6-4-5-7-14/h9-13,15H,4-8H2,1-3H3/t10-,11+,12-,13+/m1/s1. The summed E-state index contributed by atoms with van der Waals surface area (Å²) in [7, 11) is 0. The Bertz CT molecular complexity index is 226. The van der Waals surface area contributed by atoms with Crippen LogP contribution in [0.15, 0.2) is 0 Å². The number of hydrogen-bond donors (Lipinski definition) is 1. The van der Waals surface area contributed by atoms with Crippen LogP contribution >= 0.6 is 0 Å². The van der Waals surface area contributed by atoms with Crippen LogP contribution in [0.25, 0.3) is 0 Å². The molecule has 0 amide bonds. The summed E-state index contributed by atoms with van der Waals surface area (Å²) in [6.07, 6.45) is 3.52. The predicted octanol–water partition coefficient (Wildman–Crippen LogP) is 1.65.